The molecule has 0 aliphatic heterocycles. The van der Waals surface area contributed by atoms with Gasteiger partial charge in [0.2, 0.25) is 0 Å². The van der Waals surface area contributed by atoms with E-state index in [2.05, 4.69) is 15.0 Å². The predicted molar refractivity (Wildman–Crippen MR) is 68.2 cm³/mol. The monoisotopic (exact) mass is 290 g/mol. The first-order chi connectivity index (χ1) is 9.23. The number of pyridine rings is 1. The fourth-order valence-corrected chi connectivity index (χ4v) is 1.90. The zero-order valence-corrected chi connectivity index (χ0v) is 11.5. The molecule has 0 bridgehead atoms. The van der Waals surface area contributed by atoms with Crippen molar-refractivity contribution < 1.29 is 22.7 Å². The maximum atomic E-state index is 12.6. The molecule has 20 heavy (non-hydrogen) atoms. The summed E-state index contributed by atoms with van der Waals surface area (Å²) in [5.41, 5.74) is -1.93. The number of ether oxygens (including phenoxy) is 1. The van der Waals surface area contributed by atoms with E-state index in [0.717, 1.165) is 18.3 Å². The van der Waals surface area contributed by atoms with Gasteiger partial charge in [0.1, 0.15) is 11.4 Å². The molecule has 112 valence electrons. The van der Waals surface area contributed by atoms with Gasteiger partial charge in [0.05, 0.1) is 12.7 Å². The van der Waals surface area contributed by atoms with Crippen molar-refractivity contribution in [2.24, 2.45) is 0 Å². The average Bonchev–Trinajstić information content (AvgIpc) is 2.37. The van der Waals surface area contributed by atoms with Gasteiger partial charge in [-0.3, -0.25) is 0 Å². The number of hydrogen-bond donors (Lipinski definition) is 1. The van der Waals surface area contributed by atoms with Crippen LogP contribution in [0, 0.1) is 0 Å². The Morgan fingerprint density at radius 2 is 2.10 bits per heavy atom. The molecule has 1 aromatic heterocycles. The molecule has 1 N–H and O–H groups in total. The number of carbonyl (C=O) groups excluding carboxylic acids is 1. The smallest absolute Gasteiger partial charge is 0.416 e. The Bertz CT molecular complexity index is 477. The minimum Gasteiger partial charge on any atom is -0.467 e. The minimum atomic E-state index is -4.45. The first-order valence-electron chi connectivity index (χ1n) is 6.13. The van der Waals surface area contributed by atoms with Crippen LogP contribution >= 0.6 is 0 Å². The van der Waals surface area contributed by atoms with E-state index in [4.69, 9.17) is 0 Å². The van der Waals surface area contributed by atoms with Crippen LogP contribution < -0.4 is 5.32 Å². The Morgan fingerprint density at radius 1 is 1.45 bits per heavy atom. The molecule has 0 saturated carbocycles. The number of carbonyl (C=O) groups is 1. The first kappa shape index (κ1) is 16.3. The summed E-state index contributed by atoms with van der Waals surface area (Å²) in [5.74, 6) is -0.556. The van der Waals surface area contributed by atoms with E-state index in [1.165, 1.54) is 7.11 Å². The van der Waals surface area contributed by atoms with E-state index >= 15 is 0 Å². The van der Waals surface area contributed by atoms with Crippen LogP contribution in [0.25, 0.3) is 0 Å². The van der Waals surface area contributed by atoms with E-state index in [1.807, 2.05) is 6.92 Å². The van der Waals surface area contributed by atoms with Crippen LogP contribution in [0.1, 0.15) is 32.3 Å². The number of hydrogen-bond acceptors (Lipinski definition) is 4. The molecule has 0 spiro atoms. The number of esters is 1. The van der Waals surface area contributed by atoms with E-state index in [0.29, 0.717) is 12.8 Å². The molecule has 1 aromatic rings. The summed E-state index contributed by atoms with van der Waals surface area (Å²) in [6, 6.07) is 1.75. The van der Waals surface area contributed by atoms with Crippen molar-refractivity contribution >= 4 is 11.8 Å². The zero-order valence-electron chi connectivity index (χ0n) is 11.5. The lowest BCUT2D eigenvalue weighted by Crippen LogP contribution is -2.44. The molecule has 0 aliphatic rings. The number of alkyl halides is 3. The third-order valence-corrected chi connectivity index (χ3v) is 2.88. The van der Waals surface area contributed by atoms with Gasteiger partial charge in [-0.05, 0) is 25.5 Å². The Hall–Kier alpha value is -1.79. The van der Waals surface area contributed by atoms with E-state index in [9.17, 15) is 18.0 Å². The number of rotatable bonds is 5. The molecule has 0 fully saturated rings. The largest absolute Gasteiger partial charge is 0.467 e. The molecule has 0 amide bonds. The number of halogens is 3. The third-order valence-electron chi connectivity index (χ3n) is 2.88. The lowest BCUT2D eigenvalue weighted by molar-refractivity contribution is -0.145. The maximum absolute atomic E-state index is 12.6. The molecule has 1 heterocycles. The standard InChI is InChI=1S/C13H17F3N2O2/c1-4-6-12(2,11(19)20-3)18-10-8-9(5-7-17-10)13(14,15)16/h5,7-8H,4,6H2,1-3H3,(H,17,18). The normalized spacial score (nSPS) is 14.5. The van der Waals surface area contributed by atoms with Crippen molar-refractivity contribution in [3.8, 4) is 0 Å². The maximum Gasteiger partial charge on any atom is 0.416 e. The molecular formula is C13H17F3N2O2. The highest BCUT2D eigenvalue weighted by Crippen LogP contribution is 2.31. The third kappa shape index (κ3) is 3.85. The molecule has 1 unspecified atom stereocenters. The quantitative estimate of drug-likeness (QED) is 0.846. The summed E-state index contributed by atoms with van der Waals surface area (Å²) in [7, 11) is 1.23. The summed E-state index contributed by atoms with van der Waals surface area (Å²) in [6.45, 7) is 3.44. The molecule has 0 aromatic carbocycles. The molecule has 0 radical (unpaired) electrons. The van der Waals surface area contributed by atoms with Crippen LogP contribution in [0.3, 0.4) is 0 Å². The summed E-state index contributed by atoms with van der Waals surface area (Å²) < 4.78 is 42.6. The molecule has 7 heteroatoms. The van der Waals surface area contributed by atoms with E-state index in [-0.39, 0.29) is 5.82 Å². The molecule has 0 saturated heterocycles. The molecule has 0 aliphatic carbocycles. The SMILES string of the molecule is CCCC(C)(Nc1cc(C(F)(F)F)ccn1)C(=O)OC. The van der Waals surface area contributed by atoms with Crippen LogP contribution in [0.15, 0.2) is 18.3 Å². The summed E-state index contributed by atoms with van der Waals surface area (Å²) in [6.07, 6.45) is -2.32. The molecule has 1 atom stereocenters. The highest BCUT2D eigenvalue weighted by molar-refractivity contribution is 5.83. The van der Waals surface area contributed by atoms with E-state index in [1.54, 1.807) is 6.92 Å². The van der Waals surface area contributed by atoms with Crippen LogP contribution in [0.2, 0.25) is 0 Å². The topological polar surface area (TPSA) is 51.2 Å². The fourth-order valence-electron chi connectivity index (χ4n) is 1.90. The van der Waals surface area contributed by atoms with Gasteiger partial charge in [-0.1, -0.05) is 13.3 Å². The predicted octanol–water partition coefficient (Wildman–Crippen LogP) is 3.24. The van der Waals surface area contributed by atoms with Crippen LogP contribution in [0.4, 0.5) is 19.0 Å². The van der Waals surface area contributed by atoms with Crippen LogP contribution in [0.5, 0.6) is 0 Å². The van der Waals surface area contributed by atoms with Crippen LogP contribution in [-0.4, -0.2) is 23.6 Å². The Kier molecular flexibility index (Phi) is 4.97. The van der Waals surface area contributed by atoms with Gasteiger partial charge in [-0.15, -0.1) is 0 Å². The van der Waals surface area contributed by atoms with Crippen molar-refractivity contribution in [2.45, 2.75) is 38.4 Å². The zero-order chi connectivity index (χ0) is 15.4. The lowest BCUT2D eigenvalue weighted by atomic mass is 9.96. The van der Waals surface area contributed by atoms with Gasteiger partial charge in [0.25, 0.3) is 0 Å². The number of aromatic nitrogens is 1. The van der Waals surface area contributed by atoms with Crippen molar-refractivity contribution in [1.82, 2.24) is 4.98 Å². The van der Waals surface area contributed by atoms with Gasteiger partial charge in [0.15, 0.2) is 0 Å². The number of nitrogens with zero attached hydrogens (tertiary/aromatic N) is 1. The molecular weight excluding hydrogens is 273 g/mol. The minimum absolute atomic E-state index is 0.0128. The second-order valence-electron chi connectivity index (χ2n) is 4.63. The number of methoxy groups -OCH3 is 1. The van der Waals surface area contributed by atoms with E-state index < -0.39 is 23.2 Å². The van der Waals surface area contributed by atoms with Crippen LogP contribution in [-0.2, 0) is 15.7 Å². The lowest BCUT2D eigenvalue weighted by Gasteiger charge is -2.28. The van der Waals surface area contributed by atoms with Gasteiger partial charge in [-0.2, -0.15) is 13.2 Å². The summed E-state index contributed by atoms with van der Waals surface area (Å²) >= 11 is 0. The second kappa shape index (κ2) is 6.11. The Balaban J connectivity index is 3.03. The summed E-state index contributed by atoms with van der Waals surface area (Å²) in [5, 5.41) is 2.73. The molecule has 4 nitrogen and oxygen atoms in total. The Labute approximate surface area is 115 Å². The fraction of sp³-hybridized carbons (Fsp3) is 0.538. The first-order valence-corrected chi connectivity index (χ1v) is 6.13. The highest BCUT2D eigenvalue weighted by atomic mass is 19.4. The molecule has 1 rings (SSSR count). The van der Waals surface area contributed by atoms with Crippen molar-refractivity contribution in [3.63, 3.8) is 0 Å². The summed E-state index contributed by atoms with van der Waals surface area (Å²) in [4.78, 5) is 15.6. The second-order valence-corrected chi connectivity index (χ2v) is 4.63. The highest BCUT2D eigenvalue weighted by Gasteiger charge is 2.35. The van der Waals surface area contributed by atoms with Gasteiger partial charge in [-0.25, -0.2) is 9.78 Å². The number of nitrogens with one attached hydrogen (secondary N) is 1. The van der Waals surface area contributed by atoms with Gasteiger partial charge >= 0.3 is 12.1 Å². The van der Waals surface area contributed by atoms with Crippen molar-refractivity contribution in [3.05, 3.63) is 23.9 Å². The number of anilines is 1. The van der Waals surface area contributed by atoms with Gasteiger partial charge < -0.3 is 10.1 Å². The van der Waals surface area contributed by atoms with Gasteiger partial charge in [0, 0.05) is 6.20 Å². The van der Waals surface area contributed by atoms with Crippen molar-refractivity contribution in [1.29, 1.82) is 0 Å². The Morgan fingerprint density at radius 3 is 2.60 bits per heavy atom. The van der Waals surface area contributed by atoms with Crippen molar-refractivity contribution in [2.75, 3.05) is 12.4 Å². The average molecular weight is 290 g/mol.